The van der Waals surface area contributed by atoms with Crippen LogP contribution < -0.4 is 19.9 Å². The van der Waals surface area contributed by atoms with Crippen molar-refractivity contribution in [3.63, 3.8) is 0 Å². The van der Waals surface area contributed by atoms with Gasteiger partial charge in [-0.25, -0.2) is 5.01 Å². The van der Waals surface area contributed by atoms with E-state index in [9.17, 15) is 19.7 Å². The summed E-state index contributed by atoms with van der Waals surface area (Å²) in [5, 5.41) is 12.5. The molecule has 3 aromatic carbocycles. The van der Waals surface area contributed by atoms with Crippen molar-refractivity contribution in [3.8, 4) is 11.5 Å². The number of nitrogens with one attached hydrogen (secondary N) is 1. The molecule has 34 heavy (non-hydrogen) atoms. The Bertz CT molecular complexity index is 1310. The van der Waals surface area contributed by atoms with Gasteiger partial charge in [0.2, 0.25) is 0 Å². The lowest BCUT2D eigenvalue weighted by molar-refractivity contribution is -0.384. The molecule has 172 valence electrons. The lowest BCUT2D eigenvalue weighted by atomic mass is 10.1. The van der Waals surface area contributed by atoms with Crippen LogP contribution in [-0.2, 0) is 16.2 Å². The Morgan fingerprint density at radius 3 is 2.56 bits per heavy atom. The van der Waals surface area contributed by atoms with Crippen LogP contribution in [0.3, 0.4) is 0 Å². The summed E-state index contributed by atoms with van der Waals surface area (Å²) in [6.07, 6.45) is 1.37. The van der Waals surface area contributed by atoms with E-state index in [-0.39, 0.29) is 29.4 Å². The first kappa shape index (κ1) is 22.8. The van der Waals surface area contributed by atoms with Gasteiger partial charge in [-0.15, -0.1) is 0 Å². The summed E-state index contributed by atoms with van der Waals surface area (Å²) in [5.41, 5.74) is 3.75. The predicted molar refractivity (Wildman–Crippen MR) is 125 cm³/mol. The lowest BCUT2D eigenvalue weighted by Gasteiger charge is -2.15. The van der Waals surface area contributed by atoms with E-state index in [1.807, 2.05) is 0 Å². The van der Waals surface area contributed by atoms with Gasteiger partial charge < -0.3 is 9.47 Å². The van der Waals surface area contributed by atoms with E-state index < -0.39 is 16.7 Å². The molecular formula is C24H18ClN3O6. The Labute approximate surface area is 199 Å². The van der Waals surface area contributed by atoms with Crippen LogP contribution in [-0.4, -0.2) is 23.8 Å². The van der Waals surface area contributed by atoms with E-state index in [4.69, 9.17) is 21.1 Å². The fourth-order valence-corrected chi connectivity index (χ4v) is 3.61. The fraction of sp³-hybridized carbons (Fsp3) is 0.0833. The van der Waals surface area contributed by atoms with Crippen LogP contribution in [0.1, 0.15) is 11.1 Å². The zero-order valence-electron chi connectivity index (χ0n) is 17.9. The zero-order chi connectivity index (χ0) is 24.2. The normalized spacial score (nSPS) is 14.3. The van der Waals surface area contributed by atoms with Gasteiger partial charge in [0.05, 0.1) is 17.7 Å². The summed E-state index contributed by atoms with van der Waals surface area (Å²) in [6, 6.07) is 17.7. The van der Waals surface area contributed by atoms with Crippen LogP contribution in [0.5, 0.6) is 11.5 Å². The number of hydrazine groups is 1. The third-order valence-electron chi connectivity index (χ3n) is 4.98. The lowest BCUT2D eigenvalue weighted by Crippen LogP contribution is -2.35. The maximum absolute atomic E-state index is 13.0. The topological polar surface area (TPSA) is 111 Å². The molecule has 2 amide bonds. The number of nitro groups is 1. The number of ether oxygens (including phenoxy) is 2. The number of benzene rings is 3. The van der Waals surface area contributed by atoms with Gasteiger partial charge in [0.15, 0.2) is 11.5 Å². The van der Waals surface area contributed by atoms with E-state index >= 15 is 0 Å². The number of nitro benzene ring substituents is 1. The number of amides is 2. The van der Waals surface area contributed by atoms with Gasteiger partial charge in [0.1, 0.15) is 12.2 Å². The first-order valence-electron chi connectivity index (χ1n) is 10.0. The Morgan fingerprint density at radius 2 is 1.85 bits per heavy atom. The molecule has 4 rings (SSSR count). The van der Waals surface area contributed by atoms with Crippen LogP contribution in [0, 0.1) is 10.1 Å². The van der Waals surface area contributed by atoms with E-state index in [1.165, 1.54) is 37.5 Å². The number of methoxy groups -OCH3 is 1. The third-order valence-corrected chi connectivity index (χ3v) is 5.20. The molecule has 0 saturated carbocycles. The summed E-state index contributed by atoms with van der Waals surface area (Å²) < 4.78 is 11.3. The number of halogens is 1. The number of rotatable bonds is 7. The number of non-ortho nitro benzene ring substituents is 1. The van der Waals surface area contributed by atoms with Crippen LogP contribution in [0.2, 0.25) is 5.02 Å². The van der Waals surface area contributed by atoms with Crippen molar-refractivity contribution in [2.24, 2.45) is 0 Å². The average Bonchev–Trinajstić information content (AvgIpc) is 3.12. The zero-order valence-corrected chi connectivity index (χ0v) is 18.6. The largest absolute Gasteiger partial charge is 0.493 e. The molecule has 0 radical (unpaired) electrons. The number of anilines is 1. The summed E-state index contributed by atoms with van der Waals surface area (Å²) in [7, 11) is 1.42. The van der Waals surface area contributed by atoms with Crippen LogP contribution in [0.15, 0.2) is 72.3 Å². The highest BCUT2D eigenvalue weighted by molar-refractivity contribution is 6.32. The number of hydrogen-bond donors (Lipinski definition) is 1. The highest BCUT2D eigenvalue weighted by atomic mass is 35.5. The fourth-order valence-electron chi connectivity index (χ4n) is 3.39. The first-order valence-corrected chi connectivity index (χ1v) is 10.4. The molecule has 3 aromatic rings. The smallest absolute Gasteiger partial charge is 0.282 e. The molecule has 1 N–H and O–H groups in total. The molecule has 1 heterocycles. The number of para-hydroxylation sites is 1. The predicted octanol–water partition coefficient (Wildman–Crippen LogP) is 4.30. The van der Waals surface area contributed by atoms with E-state index in [0.29, 0.717) is 21.8 Å². The molecule has 1 aliphatic rings. The maximum Gasteiger partial charge on any atom is 0.282 e. The second-order valence-electron chi connectivity index (χ2n) is 7.22. The minimum atomic E-state index is -0.586. The van der Waals surface area contributed by atoms with Gasteiger partial charge in [-0.2, -0.15) is 0 Å². The number of hydrogen-bond acceptors (Lipinski definition) is 6. The second-order valence-corrected chi connectivity index (χ2v) is 7.65. The standard InChI is InChI=1S/C24H18ClN3O6/c1-33-21-13-17(25)11-16(22(21)34-14-15-6-5-9-19(10-15)28(31)32)12-20-23(29)26-27(24(20)30)18-7-3-2-4-8-18/h2-13H,14H2,1H3,(H,26,29)/b20-12-. The van der Waals surface area contributed by atoms with Crippen molar-refractivity contribution < 1.29 is 24.0 Å². The summed E-state index contributed by atoms with van der Waals surface area (Å²) in [6.45, 7) is -0.0217. The molecule has 0 aliphatic carbocycles. The monoisotopic (exact) mass is 479 g/mol. The quantitative estimate of drug-likeness (QED) is 0.234. The molecule has 9 nitrogen and oxygen atoms in total. The van der Waals surface area contributed by atoms with Crippen LogP contribution in [0.4, 0.5) is 11.4 Å². The summed E-state index contributed by atoms with van der Waals surface area (Å²) in [5.74, 6) is -0.627. The first-order chi connectivity index (χ1) is 16.4. The summed E-state index contributed by atoms with van der Waals surface area (Å²) >= 11 is 6.22. The highest BCUT2D eigenvalue weighted by Gasteiger charge is 2.34. The maximum atomic E-state index is 13.0. The van der Waals surface area contributed by atoms with Crippen molar-refractivity contribution in [2.45, 2.75) is 6.61 Å². The van der Waals surface area contributed by atoms with Crippen molar-refractivity contribution in [1.82, 2.24) is 5.43 Å². The van der Waals surface area contributed by atoms with Gasteiger partial charge in [-0.3, -0.25) is 25.1 Å². The Kier molecular flexibility index (Phi) is 6.46. The Hall–Kier alpha value is -4.37. The van der Waals surface area contributed by atoms with E-state index in [1.54, 1.807) is 42.5 Å². The van der Waals surface area contributed by atoms with Crippen LogP contribution >= 0.6 is 11.6 Å². The van der Waals surface area contributed by atoms with Crippen molar-refractivity contribution in [1.29, 1.82) is 0 Å². The van der Waals surface area contributed by atoms with Crippen molar-refractivity contribution >= 4 is 40.9 Å². The third kappa shape index (κ3) is 4.69. The van der Waals surface area contributed by atoms with Crippen molar-refractivity contribution in [3.05, 3.63) is 98.6 Å². The molecule has 0 bridgehead atoms. The minimum absolute atomic E-state index is 0.0217. The number of nitrogens with zero attached hydrogens (tertiary/aromatic N) is 2. The minimum Gasteiger partial charge on any atom is -0.493 e. The van der Waals surface area contributed by atoms with Crippen LogP contribution in [0.25, 0.3) is 6.08 Å². The molecule has 0 aromatic heterocycles. The Balaban J connectivity index is 1.68. The average molecular weight is 480 g/mol. The van der Waals surface area contributed by atoms with Gasteiger partial charge in [-0.05, 0) is 29.8 Å². The molecule has 1 saturated heterocycles. The number of carbonyl (C=O) groups is 2. The molecule has 1 fully saturated rings. The van der Waals surface area contributed by atoms with Gasteiger partial charge in [0.25, 0.3) is 17.5 Å². The molecular weight excluding hydrogens is 462 g/mol. The van der Waals surface area contributed by atoms with Gasteiger partial charge in [0, 0.05) is 28.8 Å². The van der Waals surface area contributed by atoms with E-state index in [0.717, 1.165) is 5.01 Å². The van der Waals surface area contributed by atoms with Crippen molar-refractivity contribution in [2.75, 3.05) is 12.1 Å². The molecule has 0 spiro atoms. The SMILES string of the molecule is COc1cc(Cl)cc(/C=C2/C(=O)NN(c3ccccc3)C2=O)c1OCc1cccc([N+](=O)[O-])c1. The summed E-state index contributed by atoms with van der Waals surface area (Å²) in [4.78, 5) is 36.1. The molecule has 0 atom stereocenters. The van der Waals surface area contributed by atoms with Gasteiger partial charge in [-0.1, -0.05) is 41.9 Å². The highest BCUT2D eigenvalue weighted by Crippen LogP contribution is 2.37. The molecule has 0 unspecified atom stereocenters. The number of carbonyl (C=O) groups excluding carboxylic acids is 2. The Morgan fingerprint density at radius 1 is 1.09 bits per heavy atom. The van der Waals surface area contributed by atoms with E-state index in [2.05, 4.69) is 5.43 Å². The molecule has 1 aliphatic heterocycles. The second kappa shape index (κ2) is 9.63. The molecule has 10 heteroatoms. The van der Waals surface area contributed by atoms with Gasteiger partial charge >= 0.3 is 0 Å².